The predicted molar refractivity (Wildman–Crippen MR) is 126 cm³/mol. The Morgan fingerprint density at radius 2 is 2.09 bits per heavy atom. The molecule has 0 radical (unpaired) electrons. The minimum absolute atomic E-state index is 0.126. The van der Waals surface area contributed by atoms with Crippen molar-refractivity contribution in [3.63, 3.8) is 0 Å². The van der Waals surface area contributed by atoms with Gasteiger partial charge in [0.2, 0.25) is 0 Å². The highest BCUT2D eigenvalue weighted by atomic mass is 19.1. The molecule has 0 amide bonds. The summed E-state index contributed by atoms with van der Waals surface area (Å²) < 4.78 is 33.0. The maximum absolute atomic E-state index is 14.1. The van der Waals surface area contributed by atoms with Gasteiger partial charge < -0.3 is 29.6 Å². The minimum atomic E-state index is -1.01. The Hall–Kier alpha value is -3.95. The van der Waals surface area contributed by atoms with Gasteiger partial charge in [0.25, 0.3) is 0 Å². The number of fused-ring (bicyclic) bond motifs is 2. The number of nitrogens with two attached hydrogens (primary N) is 1. The Morgan fingerprint density at radius 1 is 1.20 bits per heavy atom. The van der Waals surface area contributed by atoms with Gasteiger partial charge in [-0.25, -0.2) is 9.18 Å². The number of aromatic nitrogens is 2. The Balaban J connectivity index is 1.40. The zero-order chi connectivity index (χ0) is 24.4. The van der Waals surface area contributed by atoms with Gasteiger partial charge >= 0.3 is 5.97 Å². The molecule has 1 aliphatic heterocycles. The largest absolute Gasteiger partial charge is 0.489 e. The average Bonchev–Trinajstić information content (AvgIpc) is 3.19. The molecule has 4 aromatic rings. The number of rotatable bonds is 8. The van der Waals surface area contributed by atoms with Crippen molar-refractivity contribution < 1.29 is 28.5 Å². The van der Waals surface area contributed by atoms with E-state index in [-0.39, 0.29) is 24.8 Å². The standard InChI is InChI=1S/C26H24FN3O5/c27-20-7-18-13-33-15-35-25(18)19(8-20)14-34-22-3-4-24-23(9-22)17(5-6-28)11-30(24)12-21-2-1-16(10-29-21)26(31)32/h1-4,7-11H,5-6,12-15,28H2,(H,31,32). The van der Waals surface area contributed by atoms with E-state index in [1.807, 2.05) is 24.4 Å². The molecule has 8 nitrogen and oxygen atoms in total. The maximum Gasteiger partial charge on any atom is 0.337 e. The minimum Gasteiger partial charge on any atom is -0.489 e. The predicted octanol–water partition coefficient (Wildman–Crippen LogP) is 3.87. The molecule has 1 aliphatic rings. The lowest BCUT2D eigenvalue weighted by atomic mass is 10.1. The Morgan fingerprint density at radius 3 is 2.86 bits per heavy atom. The summed E-state index contributed by atoms with van der Waals surface area (Å²) in [7, 11) is 0. The number of carboxylic acid groups (broad SMARTS) is 1. The zero-order valence-corrected chi connectivity index (χ0v) is 18.9. The molecular formula is C26H24FN3O5. The van der Waals surface area contributed by atoms with Crippen LogP contribution in [0.5, 0.6) is 11.5 Å². The Labute approximate surface area is 200 Å². The molecule has 0 spiro atoms. The molecule has 0 saturated heterocycles. The van der Waals surface area contributed by atoms with Gasteiger partial charge in [0, 0.05) is 34.4 Å². The molecule has 0 unspecified atom stereocenters. The number of hydrogen-bond acceptors (Lipinski definition) is 6. The summed E-state index contributed by atoms with van der Waals surface area (Å²) in [5.74, 6) is -0.122. The van der Waals surface area contributed by atoms with Crippen LogP contribution in [-0.4, -0.2) is 34.0 Å². The van der Waals surface area contributed by atoms with Crippen molar-refractivity contribution in [1.82, 2.24) is 9.55 Å². The maximum atomic E-state index is 14.1. The topological polar surface area (TPSA) is 109 Å². The van der Waals surface area contributed by atoms with E-state index in [4.69, 9.17) is 25.1 Å². The van der Waals surface area contributed by atoms with Gasteiger partial charge in [-0.15, -0.1) is 0 Å². The van der Waals surface area contributed by atoms with E-state index in [9.17, 15) is 9.18 Å². The lowest BCUT2D eigenvalue weighted by Gasteiger charge is -2.21. The van der Waals surface area contributed by atoms with Crippen molar-refractivity contribution in [3.05, 3.63) is 88.6 Å². The van der Waals surface area contributed by atoms with Crippen LogP contribution in [0.2, 0.25) is 0 Å². The molecule has 5 rings (SSSR count). The van der Waals surface area contributed by atoms with Crippen molar-refractivity contribution in [3.8, 4) is 11.5 Å². The van der Waals surface area contributed by atoms with Crippen LogP contribution in [0.3, 0.4) is 0 Å². The van der Waals surface area contributed by atoms with Gasteiger partial charge in [0.05, 0.1) is 24.4 Å². The summed E-state index contributed by atoms with van der Waals surface area (Å²) in [5.41, 5.74) is 10.1. The van der Waals surface area contributed by atoms with Gasteiger partial charge in [-0.05, 0) is 61.0 Å². The van der Waals surface area contributed by atoms with E-state index in [1.165, 1.54) is 18.3 Å². The highest BCUT2D eigenvalue weighted by Crippen LogP contribution is 2.32. The molecule has 0 aliphatic carbocycles. The van der Waals surface area contributed by atoms with Gasteiger partial charge in [-0.3, -0.25) is 4.98 Å². The summed E-state index contributed by atoms with van der Waals surface area (Å²) in [6.45, 7) is 1.55. The van der Waals surface area contributed by atoms with Gasteiger partial charge in [0.15, 0.2) is 6.79 Å². The van der Waals surface area contributed by atoms with Crippen molar-refractivity contribution in [1.29, 1.82) is 0 Å². The molecule has 9 heteroatoms. The summed E-state index contributed by atoms with van der Waals surface area (Å²) in [5, 5.41) is 10.1. The molecule has 2 aromatic carbocycles. The quantitative estimate of drug-likeness (QED) is 0.397. The first kappa shape index (κ1) is 22.8. The molecule has 180 valence electrons. The van der Waals surface area contributed by atoms with E-state index in [0.717, 1.165) is 22.2 Å². The highest BCUT2D eigenvalue weighted by Gasteiger charge is 2.18. The number of pyridine rings is 1. The van der Waals surface area contributed by atoms with Crippen molar-refractivity contribution in [2.75, 3.05) is 13.3 Å². The molecule has 0 fully saturated rings. The zero-order valence-electron chi connectivity index (χ0n) is 18.9. The van der Waals surface area contributed by atoms with E-state index in [2.05, 4.69) is 9.55 Å². The fourth-order valence-corrected chi connectivity index (χ4v) is 4.27. The first-order valence-electron chi connectivity index (χ1n) is 11.2. The fourth-order valence-electron chi connectivity index (χ4n) is 4.27. The van der Waals surface area contributed by atoms with Crippen molar-refractivity contribution in [2.24, 2.45) is 5.73 Å². The molecule has 0 atom stereocenters. The fraction of sp³-hybridized carbons (Fsp3) is 0.231. The van der Waals surface area contributed by atoms with E-state index in [0.29, 0.717) is 48.7 Å². The van der Waals surface area contributed by atoms with Crippen LogP contribution in [0.25, 0.3) is 10.9 Å². The van der Waals surface area contributed by atoms with Crippen LogP contribution in [0.4, 0.5) is 4.39 Å². The number of hydrogen-bond donors (Lipinski definition) is 2. The van der Waals surface area contributed by atoms with E-state index < -0.39 is 5.97 Å². The summed E-state index contributed by atoms with van der Waals surface area (Å²) in [6, 6.07) is 11.9. The SMILES string of the molecule is NCCc1cn(Cc2ccc(C(=O)O)cn2)c2ccc(OCc3cc(F)cc4c3OCOC4)cc12. The number of carbonyl (C=O) groups is 1. The summed E-state index contributed by atoms with van der Waals surface area (Å²) in [4.78, 5) is 15.4. The second kappa shape index (κ2) is 9.73. The van der Waals surface area contributed by atoms with Crippen LogP contribution >= 0.6 is 0 Å². The Bertz CT molecular complexity index is 1380. The van der Waals surface area contributed by atoms with Crippen LogP contribution in [0.15, 0.2) is 54.9 Å². The number of ether oxygens (including phenoxy) is 3. The van der Waals surface area contributed by atoms with Crippen LogP contribution < -0.4 is 15.2 Å². The lowest BCUT2D eigenvalue weighted by Crippen LogP contribution is -2.14. The van der Waals surface area contributed by atoms with E-state index in [1.54, 1.807) is 12.1 Å². The van der Waals surface area contributed by atoms with Gasteiger partial charge in [-0.1, -0.05) is 0 Å². The normalized spacial score (nSPS) is 12.9. The molecule has 0 bridgehead atoms. The third-order valence-electron chi connectivity index (χ3n) is 5.90. The summed E-state index contributed by atoms with van der Waals surface area (Å²) in [6.07, 6.45) is 4.07. The number of carboxylic acids is 1. The average molecular weight is 477 g/mol. The molecule has 3 N–H and O–H groups in total. The molecule has 3 heterocycles. The van der Waals surface area contributed by atoms with Crippen LogP contribution in [-0.2, 0) is 30.9 Å². The number of nitrogens with zero attached hydrogens (tertiary/aromatic N) is 2. The van der Waals surface area contributed by atoms with E-state index >= 15 is 0 Å². The molecule has 0 saturated carbocycles. The van der Waals surface area contributed by atoms with Crippen LogP contribution in [0.1, 0.15) is 32.7 Å². The van der Waals surface area contributed by atoms with Crippen LogP contribution in [0, 0.1) is 5.82 Å². The number of halogens is 1. The molecule has 35 heavy (non-hydrogen) atoms. The molecule has 2 aromatic heterocycles. The number of benzene rings is 2. The smallest absolute Gasteiger partial charge is 0.337 e. The number of aromatic carboxylic acids is 1. The van der Waals surface area contributed by atoms with Gasteiger partial charge in [0.1, 0.15) is 23.9 Å². The summed E-state index contributed by atoms with van der Waals surface area (Å²) >= 11 is 0. The van der Waals surface area contributed by atoms with Crippen molar-refractivity contribution >= 4 is 16.9 Å². The monoisotopic (exact) mass is 477 g/mol. The second-order valence-electron chi connectivity index (χ2n) is 8.30. The first-order valence-corrected chi connectivity index (χ1v) is 11.2. The van der Waals surface area contributed by atoms with Crippen molar-refractivity contribution in [2.45, 2.75) is 26.2 Å². The third kappa shape index (κ3) is 4.82. The lowest BCUT2D eigenvalue weighted by molar-refractivity contribution is -0.0178. The Kier molecular flexibility index (Phi) is 6.35. The highest BCUT2D eigenvalue weighted by molar-refractivity contribution is 5.87. The van der Waals surface area contributed by atoms with Gasteiger partial charge in [-0.2, -0.15) is 0 Å². The first-order chi connectivity index (χ1) is 17.0. The molecular weight excluding hydrogens is 453 g/mol. The third-order valence-corrected chi connectivity index (χ3v) is 5.90. The second-order valence-corrected chi connectivity index (χ2v) is 8.30.